The first kappa shape index (κ1) is 22.4. The summed E-state index contributed by atoms with van der Waals surface area (Å²) in [5, 5.41) is 7.39. The molecule has 0 amide bonds. The van der Waals surface area contributed by atoms with Gasteiger partial charge in [-0.15, -0.1) is 12.4 Å². The van der Waals surface area contributed by atoms with Crippen LogP contribution in [0.4, 0.5) is 5.69 Å². The van der Waals surface area contributed by atoms with Gasteiger partial charge in [-0.25, -0.2) is 0 Å². The van der Waals surface area contributed by atoms with Crippen molar-refractivity contribution in [3.63, 3.8) is 0 Å². The van der Waals surface area contributed by atoms with Gasteiger partial charge >= 0.3 is 5.97 Å². The summed E-state index contributed by atoms with van der Waals surface area (Å²) < 4.78 is 32.9. The summed E-state index contributed by atoms with van der Waals surface area (Å²) in [5.74, 6) is -0.492. The highest BCUT2D eigenvalue weighted by Gasteiger charge is 2.11. The summed E-state index contributed by atoms with van der Waals surface area (Å²) in [6.45, 7) is -0.0530. The molecule has 10 heteroatoms. The Morgan fingerprint density at radius 1 is 1.07 bits per heavy atom. The number of ether oxygens (including phenoxy) is 1. The van der Waals surface area contributed by atoms with Crippen molar-refractivity contribution in [3.05, 3.63) is 54.1 Å². The third kappa shape index (κ3) is 6.89. The summed E-state index contributed by atoms with van der Waals surface area (Å²) in [5.41, 5.74) is 8.26. The second-order valence-corrected chi connectivity index (χ2v) is 6.89. The highest BCUT2D eigenvalue weighted by Crippen LogP contribution is 2.22. The Balaban J connectivity index is 0.00000364. The van der Waals surface area contributed by atoms with E-state index in [9.17, 15) is 13.2 Å². The maximum atomic E-state index is 11.9. The summed E-state index contributed by atoms with van der Waals surface area (Å²) in [6.07, 6.45) is -0.0490. The number of hydrogen-bond donors (Lipinski definition) is 4. The molecule has 146 valence electrons. The lowest BCUT2D eigenvalue weighted by Gasteiger charge is -2.10. The molecule has 2 aromatic rings. The summed E-state index contributed by atoms with van der Waals surface area (Å²) in [6, 6.07) is 14.0. The number of carbonyl (C=O) groups excluding carboxylic acids is 1. The van der Waals surface area contributed by atoms with E-state index in [0.717, 1.165) is 11.1 Å². The number of nitrogens with one attached hydrogen (secondary N) is 3. The van der Waals surface area contributed by atoms with Crippen LogP contribution in [0, 0.1) is 5.41 Å². The maximum Gasteiger partial charge on any atom is 0.306 e. The average Bonchev–Trinajstić information content (AvgIpc) is 2.61. The number of rotatable bonds is 8. The standard InChI is InChI=1S/C17H20N4O4S.ClH/c1-25-16(22)10-11-20-26(23,24)21-15-8-6-13(7-9-15)12-2-4-14(5-3-12)17(18)19;/h2-9,20-21H,10-11H2,1H3,(H3,18,19);1H. The SMILES string of the molecule is COC(=O)CCNS(=O)(=O)Nc1ccc(-c2ccc(C(=N)N)cc2)cc1.Cl. The van der Waals surface area contributed by atoms with Crippen LogP contribution < -0.4 is 15.2 Å². The Morgan fingerprint density at radius 3 is 2.07 bits per heavy atom. The second-order valence-electron chi connectivity index (χ2n) is 5.39. The third-order valence-corrected chi connectivity index (χ3v) is 4.60. The number of anilines is 1. The first-order valence-corrected chi connectivity index (χ1v) is 9.18. The van der Waals surface area contributed by atoms with Crippen molar-refractivity contribution >= 4 is 40.1 Å². The van der Waals surface area contributed by atoms with Gasteiger partial charge in [-0.2, -0.15) is 13.1 Å². The van der Waals surface area contributed by atoms with Gasteiger partial charge in [0.1, 0.15) is 5.84 Å². The first-order chi connectivity index (χ1) is 12.3. The second kappa shape index (κ2) is 9.91. The largest absolute Gasteiger partial charge is 0.469 e. The number of nitrogen functional groups attached to an aromatic ring is 1. The van der Waals surface area contributed by atoms with Gasteiger partial charge < -0.3 is 10.5 Å². The van der Waals surface area contributed by atoms with Gasteiger partial charge in [0.05, 0.1) is 13.5 Å². The molecule has 0 atom stereocenters. The molecule has 0 aliphatic rings. The summed E-state index contributed by atoms with van der Waals surface area (Å²) in [4.78, 5) is 11.0. The lowest BCUT2D eigenvalue weighted by atomic mass is 10.0. The Morgan fingerprint density at radius 2 is 1.59 bits per heavy atom. The number of amidine groups is 1. The quantitative estimate of drug-likeness (QED) is 0.298. The van der Waals surface area contributed by atoms with E-state index in [1.165, 1.54) is 7.11 Å². The van der Waals surface area contributed by atoms with Crippen LogP contribution in [0.3, 0.4) is 0 Å². The molecule has 0 unspecified atom stereocenters. The van der Waals surface area contributed by atoms with E-state index in [0.29, 0.717) is 11.3 Å². The minimum atomic E-state index is -3.78. The number of methoxy groups -OCH3 is 1. The third-order valence-electron chi connectivity index (χ3n) is 3.52. The molecule has 0 spiro atoms. The van der Waals surface area contributed by atoms with Gasteiger partial charge in [0, 0.05) is 17.8 Å². The van der Waals surface area contributed by atoms with Crippen molar-refractivity contribution in [2.24, 2.45) is 5.73 Å². The number of halogens is 1. The molecule has 2 rings (SSSR count). The Hall–Kier alpha value is -2.62. The number of hydrogen-bond acceptors (Lipinski definition) is 5. The van der Waals surface area contributed by atoms with Crippen LogP contribution in [0.1, 0.15) is 12.0 Å². The smallest absolute Gasteiger partial charge is 0.306 e. The molecule has 0 aliphatic heterocycles. The highest BCUT2D eigenvalue weighted by atomic mass is 35.5. The van der Waals surface area contributed by atoms with Crippen molar-refractivity contribution in [1.29, 1.82) is 5.41 Å². The van der Waals surface area contributed by atoms with Crippen LogP contribution in [0.15, 0.2) is 48.5 Å². The minimum absolute atomic E-state index is 0. The normalized spacial score (nSPS) is 10.6. The average molecular weight is 413 g/mol. The maximum absolute atomic E-state index is 11.9. The molecular weight excluding hydrogens is 392 g/mol. The molecular formula is C17H21ClN4O4S. The molecule has 8 nitrogen and oxygen atoms in total. The molecule has 0 aromatic heterocycles. The zero-order chi connectivity index (χ0) is 19.2. The van der Waals surface area contributed by atoms with Gasteiger partial charge in [-0.05, 0) is 23.3 Å². The highest BCUT2D eigenvalue weighted by molar-refractivity contribution is 7.90. The van der Waals surface area contributed by atoms with Crippen LogP contribution in [-0.2, 0) is 19.7 Å². The molecule has 0 bridgehead atoms. The van der Waals surface area contributed by atoms with Gasteiger partial charge in [-0.1, -0.05) is 36.4 Å². The summed E-state index contributed by atoms with van der Waals surface area (Å²) >= 11 is 0. The number of nitrogens with two attached hydrogens (primary N) is 1. The lowest BCUT2D eigenvalue weighted by Crippen LogP contribution is -2.32. The van der Waals surface area contributed by atoms with Crippen molar-refractivity contribution in [2.45, 2.75) is 6.42 Å². The van der Waals surface area contributed by atoms with E-state index in [-0.39, 0.29) is 31.2 Å². The summed E-state index contributed by atoms with van der Waals surface area (Å²) in [7, 11) is -2.54. The van der Waals surface area contributed by atoms with Crippen molar-refractivity contribution in [3.8, 4) is 11.1 Å². The van der Waals surface area contributed by atoms with Crippen LogP contribution in [-0.4, -0.2) is 33.9 Å². The Kier molecular flexibility index (Phi) is 8.23. The van der Waals surface area contributed by atoms with Crippen molar-refractivity contribution in [1.82, 2.24) is 4.72 Å². The molecule has 2 aromatic carbocycles. The fourth-order valence-corrected chi connectivity index (χ4v) is 3.04. The Labute approximate surface area is 164 Å². The first-order valence-electron chi connectivity index (χ1n) is 7.70. The predicted molar refractivity (Wildman–Crippen MR) is 107 cm³/mol. The van der Waals surface area contributed by atoms with Crippen LogP contribution in [0.25, 0.3) is 11.1 Å². The zero-order valence-corrected chi connectivity index (χ0v) is 16.2. The fraction of sp³-hybridized carbons (Fsp3) is 0.176. The van der Waals surface area contributed by atoms with E-state index in [1.54, 1.807) is 36.4 Å². The van der Waals surface area contributed by atoms with Gasteiger partial charge in [0.25, 0.3) is 10.2 Å². The monoisotopic (exact) mass is 412 g/mol. The molecule has 0 aliphatic carbocycles. The van der Waals surface area contributed by atoms with E-state index in [1.807, 2.05) is 12.1 Å². The lowest BCUT2D eigenvalue weighted by molar-refractivity contribution is -0.140. The Bertz CT molecular complexity index is 884. The number of benzene rings is 2. The van der Waals surface area contributed by atoms with E-state index >= 15 is 0 Å². The molecule has 27 heavy (non-hydrogen) atoms. The molecule has 0 fully saturated rings. The van der Waals surface area contributed by atoms with E-state index in [4.69, 9.17) is 11.1 Å². The van der Waals surface area contributed by atoms with Crippen molar-refractivity contribution < 1.29 is 17.9 Å². The fourth-order valence-electron chi connectivity index (χ4n) is 2.15. The van der Waals surface area contributed by atoms with Crippen LogP contribution in [0.2, 0.25) is 0 Å². The minimum Gasteiger partial charge on any atom is -0.469 e. The molecule has 0 saturated carbocycles. The predicted octanol–water partition coefficient (Wildman–Crippen LogP) is 1.87. The van der Waals surface area contributed by atoms with Crippen LogP contribution >= 0.6 is 12.4 Å². The van der Waals surface area contributed by atoms with Crippen molar-refractivity contribution in [2.75, 3.05) is 18.4 Å². The van der Waals surface area contributed by atoms with E-state index in [2.05, 4.69) is 14.2 Å². The molecule has 0 heterocycles. The molecule has 0 radical (unpaired) electrons. The van der Waals surface area contributed by atoms with Gasteiger partial charge in [0.2, 0.25) is 0 Å². The van der Waals surface area contributed by atoms with Gasteiger partial charge in [0.15, 0.2) is 0 Å². The topological polar surface area (TPSA) is 134 Å². The van der Waals surface area contributed by atoms with E-state index < -0.39 is 16.2 Å². The van der Waals surface area contributed by atoms with Gasteiger partial charge in [-0.3, -0.25) is 14.9 Å². The molecule has 0 saturated heterocycles. The molecule has 5 N–H and O–H groups in total. The van der Waals surface area contributed by atoms with Crippen LogP contribution in [0.5, 0.6) is 0 Å². The number of carbonyl (C=O) groups is 1. The zero-order valence-electron chi connectivity index (χ0n) is 14.6. The number of esters is 1.